The number of aryl methyl sites for hydroxylation is 2. The molecule has 0 N–H and O–H groups in total. The Balaban J connectivity index is 2.05. The predicted octanol–water partition coefficient (Wildman–Crippen LogP) is 3.75. The molecule has 0 spiro atoms. The number of fused-ring (bicyclic) bond motifs is 3. The second-order valence-electron chi connectivity index (χ2n) is 6.18. The number of nitrogens with zero attached hydrogens (tertiary/aromatic N) is 1. The van der Waals surface area contributed by atoms with Crippen LogP contribution in [0.25, 0.3) is 21.7 Å². The highest BCUT2D eigenvalue weighted by Gasteiger charge is 2.08. The van der Waals surface area contributed by atoms with Gasteiger partial charge in [0.15, 0.2) is 0 Å². The summed E-state index contributed by atoms with van der Waals surface area (Å²) in [6.07, 6.45) is 2.05. The van der Waals surface area contributed by atoms with E-state index in [1.807, 2.05) is 31.2 Å². The zero-order valence-electron chi connectivity index (χ0n) is 13.3. The van der Waals surface area contributed by atoms with Crippen molar-refractivity contribution in [1.82, 2.24) is 4.90 Å². The van der Waals surface area contributed by atoms with E-state index in [2.05, 4.69) is 31.1 Å². The molecule has 0 atom stereocenters. The summed E-state index contributed by atoms with van der Waals surface area (Å²) in [5, 5.41) is 2.65. The smallest absolute Gasteiger partial charge is 0.344 e. The third-order valence-corrected chi connectivity index (χ3v) is 4.00. The number of hydrogen-bond acceptors (Lipinski definition) is 3. The summed E-state index contributed by atoms with van der Waals surface area (Å²) in [6, 6.07) is 12.2. The van der Waals surface area contributed by atoms with Gasteiger partial charge in [-0.15, -0.1) is 0 Å². The molecule has 3 rings (SSSR count). The maximum atomic E-state index is 12.3. The molecule has 2 aromatic carbocycles. The van der Waals surface area contributed by atoms with Crippen LogP contribution in [-0.2, 0) is 6.42 Å². The lowest BCUT2D eigenvalue weighted by Gasteiger charge is -2.09. The van der Waals surface area contributed by atoms with Crippen molar-refractivity contribution in [3.05, 3.63) is 57.9 Å². The monoisotopic (exact) mass is 295 g/mol. The molecule has 1 heterocycles. The lowest BCUT2D eigenvalue weighted by molar-refractivity contribution is 0.400. The minimum atomic E-state index is -0.248. The molecule has 0 aliphatic rings. The molecular formula is C19H21NO2. The van der Waals surface area contributed by atoms with Crippen LogP contribution in [-0.4, -0.2) is 25.5 Å². The van der Waals surface area contributed by atoms with Crippen molar-refractivity contribution >= 4 is 21.7 Å². The van der Waals surface area contributed by atoms with E-state index >= 15 is 0 Å². The van der Waals surface area contributed by atoms with Crippen molar-refractivity contribution in [2.75, 3.05) is 20.6 Å². The fourth-order valence-corrected chi connectivity index (χ4v) is 2.84. The number of benzene rings is 2. The van der Waals surface area contributed by atoms with Crippen LogP contribution in [0.1, 0.15) is 17.5 Å². The highest BCUT2D eigenvalue weighted by molar-refractivity contribution is 6.04. The SMILES string of the molecule is Cc1ccc2c(c1)oc(=O)c1cc(CCCN(C)C)ccc12. The van der Waals surface area contributed by atoms with E-state index < -0.39 is 0 Å². The zero-order valence-corrected chi connectivity index (χ0v) is 13.3. The summed E-state index contributed by atoms with van der Waals surface area (Å²) < 4.78 is 5.49. The summed E-state index contributed by atoms with van der Waals surface area (Å²) in [5.41, 5.74) is 2.70. The van der Waals surface area contributed by atoms with Gasteiger partial charge in [-0.2, -0.15) is 0 Å². The third-order valence-electron chi connectivity index (χ3n) is 4.00. The largest absolute Gasteiger partial charge is 0.422 e. The van der Waals surface area contributed by atoms with Gasteiger partial charge >= 0.3 is 5.63 Å². The summed E-state index contributed by atoms with van der Waals surface area (Å²) in [5.74, 6) is 0. The lowest BCUT2D eigenvalue weighted by atomic mass is 10.0. The van der Waals surface area contributed by atoms with Crippen molar-refractivity contribution in [2.24, 2.45) is 0 Å². The molecule has 0 fully saturated rings. The maximum Gasteiger partial charge on any atom is 0.344 e. The van der Waals surface area contributed by atoms with Crippen molar-refractivity contribution in [3.8, 4) is 0 Å². The van der Waals surface area contributed by atoms with Gasteiger partial charge in [0.2, 0.25) is 0 Å². The fourth-order valence-electron chi connectivity index (χ4n) is 2.84. The van der Waals surface area contributed by atoms with Gasteiger partial charge in [-0.3, -0.25) is 0 Å². The van der Waals surface area contributed by atoms with E-state index in [9.17, 15) is 4.79 Å². The molecule has 0 saturated heterocycles. The van der Waals surface area contributed by atoms with Crippen LogP contribution in [0.3, 0.4) is 0 Å². The molecule has 0 bridgehead atoms. The molecule has 0 saturated carbocycles. The van der Waals surface area contributed by atoms with Gasteiger partial charge in [0, 0.05) is 5.39 Å². The van der Waals surface area contributed by atoms with Crippen LogP contribution in [0, 0.1) is 6.92 Å². The Morgan fingerprint density at radius 3 is 2.55 bits per heavy atom. The molecule has 22 heavy (non-hydrogen) atoms. The summed E-state index contributed by atoms with van der Waals surface area (Å²) in [7, 11) is 4.15. The van der Waals surface area contributed by atoms with E-state index in [1.54, 1.807) is 0 Å². The first-order valence-electron chi connectivity index (χ1n) is 7.65. The molecular weight excluding hydrogens is 274 g/mol. The van der Waals surface area contributed by atoms with E-state index in [-0.39, 0.29) is 5.63 Å². The van der Waals surface area contributed by atoms with Crippen LogP contribution < -0.4 is 5.63 Å². The summed E-state index contributed by atoms with van der Waals surface area (Å²) in [4.78, 5) is 14.4. The minimum Gasteiger partial charge on any atom is -0.422 e. The first kappa shape index (κ1) is 14.8. The van der Waals surface area contributed by atoms with Gasteiger partial charge in [0.25, 0.3) is 0 Å². The van der Waals surface area contributed by atoms with Crippen LogP contribution in [0.5, 0.6) is 0 Å². The molecule has 0 amide bonds. The highest BCUT2D eigenvalue weighted by atomic mass is 16.4. The third kappa shape index (κ3) is 2.90. The van der Waals surface area contributed by atoms with Crippen LogP contribution in [0.15, 0.2) is 45.6 Å². The summed E-state index contributed by atoms with van der Waals surface area (Å²) >= 11 is 0. The first-order valence-corrected chi connectivity index (χ1v) is 7.65. The average Bonchev–Trinajstić information content (AvgIpc) is 2.47. The van der Waals surface area contributed by atoms with Crippen LogP contribution in [0.2, 0.25) is 0 Å². The van der Waals surface area contributed by atoms with E-state index in [0.717, 1.165) is 35.7 Å². The number of hydrogen-bond donors (Lipinski definition) is 0. The van der Waals surface area contributed by atoms with Gasteiger partial charge in [-0.05, 0) is 69.1 Å². The highest BCUT2D eigenvalue weighted by Crippen LogP contribution is 2.24. The molecule has 3 heteroatoms. The van der Waals surface area contributed by atoms with Crippen LogP contribution in [0.4, 0.5) is 0 Å². The molecule has 0 radical (unpaired) electrons. The van der Waals surface area contributed by atoms with Gasteiger partial charge in [0.1, 0.15) is 5.58 Å². The standard InChI is InChI=1S/C19H21NO2/c1-13-6-8-16-15-9-7-14(5-4-10-20(2)3)12-17(15)19(21)22-18(16)11-13/h6-9,11-12H,4-5,10H2,1-3H3. The minimum absolute atomic E-state index is 0.248. The zero-order chi connectivity index (χ0) is 15.7. The molecule has 114 valence electrons. The molecule has 3 nitrogen and oxygen atoms in total. The Morgan fingerprint density at radius 2 is 1.77 bits per heavy atom. The summed E-state index contributed by atoms with van der Waals surface area (Å²) in [6.45, 7) is 3.04. The van der Waals surface area contributed by atoms with E-state index in [0.29, 0.717) is 11.0 Å². The van der Waals surface area contributed by atoms with Gasteiger partial charge in [-0.25, -0.2) is 4.79 Å². The molecule has 0 aliphatic carbocycles. The Morgan fingerprint density at radius 1 is 1.00 bits per heavy atom. The number of rotatable bonds is 4. The molecule has 0 unspecified atom stereocenters. The molecule has 3 aromatic rings. The maximum absolute atomic E-state index is 12.3. The predicted molar refractivity (Wildman–Crippen MR) is 91.6 cm³/mol. The van der Waals surface area contributed by atoms with Gasteiger partial charge < -0.3 is 9.32 Å². The normalized spacial score (nSPS) is 11.6. The van der Waals surface area contributed by atoms with Crippen LogP contribution >= 0.6 is 0 Å². The topological polar surface area (TPSA) is 33.5 Å². The Kier molecular flexibility index (Phi) is 3.99. The van der Waals surface area contributed by atoms with Crippen molar-refractivity contribution in [1.29, 1.82) is 0 Å². The Hall–Kier alpha value is -2.13. The van der Waals surface area contributed by atoms with Crippen molar-refractivity contribution < 1.29 is 4.42 Å². The van der Waals surface area contributed by atoms with Gasteiger partial charge in [-0.1, -0.05) is 24.3 Å². The van der Waals surface area contributed by atoms with Gasteiger partial charge in [0.05, 0.1) is 5.39 Å². The first-order chi connectivity index (χ1) is 10.5. The Labute approximate surface area is 130 Å². The fraction of sp³-hybridized carbons (Fsp3) is 0.316. The Bertz CT molecular complexity index is 878. The van der Waals surface area contributed by atoms with Crippen molar-refractivity contribution in [2.45, 2.75) is 19.8 Å². The second kappa shape index (κ2) is 5.93. The second-order valence-corrected chi connectivity index (χ2v) is 6.18. The molecule has 1 aromatic heterocycles. The van der Waals surface area contributed by atoms with E-state index in [4.69, 9.17) is 4.42 Å². The molecule has 0 aliphatic heterocycles. The van der Waals surface area contributed by atoms with E-state index in [1.165, 1.54) is 5.56 Å². The quantitative estimate of drug-likeness (QED) is 0.543. The van der Waals surface area contributed by atoms with Crippen molar-refractivity contribution in [3.63, 3.8) is 0 Å². The lowest BCUT2D eigenvalue weighted by Crippen LogP contribution is -2.13. The average molecular weight is 295 g/mol.